The standard InChI is InChI=1S/C12H17N5S/c1-7-5-9-10(14-6-8-3-2-4-8)15-12(17-13)16-11(9)18-7/h5,8H,2-4,6,13H2,1H3,(H2,14,15,16,17). The van der Waals surface area contributed by atoms with Crippen LogP contribution in [0.4, 0.5) is 11.8 Å². The van der Waals surface area contributed by atoms with Crippen molar-refractivity contribution in [3.05, 3.63) is 10.9 Å². The molecular formula is C12H17N5S. The number of fused-ring (bicyclic) bond motifs is 1. The summed E-state index contributed by atoms with van der Waals surface area (Å²) in [5, 5.41) is 4.53. The van der Waals surface area contributed by atoms with Crippen LogP contribution in [0.25, 0.3) is 10.2 Å². The van der Waals surface area contributed by atoms with Gasteiger partial charge in [0.15, 0.2) is 0 Å². The zero-order chi connectivity index (χ0) is 12.5. The monoisotopic (exact) mass is 263 g/mol. The van der Waals surface area contributed by atoms with Crippen LogP contribution >= 0.6 is 11.3 Å². The predicted molar refractivity (Wildman–Crippen MR) is 75.8 cm³/mol. The average Bonchev–Trinajstić information content (AvgIpc) is 2.67. The number of rotatable bonds is 4. The van der Waals surface area contributed by atoms with Gasteiger partial charge in [0.2, 0.25) is 5.95 Å². The van der Waals surface area contributed by atoms with Gasteiger partial charge in [0.1, 0.15) is 10.6 Å². The van der Waals surface area contributed by atoms with Crippen molar-refractivity contribution in [2.75, 3.05) is 17.3 Å². The number of hydrogen-bond donors (Lipinski definition) is 3. The van der Waals surface area contributed by atoms with Crippen LogP contribution in [0.3, 0.4) is 0 Å². The Hall–Kier alpha value is -1.40. The van der Waals surface area contributed by atoms with Crippen LogP contribution in [0.5, 0.6) is 0 Å². The third-order valence-electron chi connectivity index (χ3n) is 3.43. The molecule has 1 aliphatic carbocycles. The number of nitrogens with one attached hydrogen (secondary N) is 2. The zero-order valence-corrected chi connectivity index (χ0v) is 11.2. The summed E-state index contributed by atoms with van der Waals surface area (Å²) in [6, 6.07) is 2.13. The Labute approximate surface area is 110 Å². The molecule has 6 heteroatoms. The first-order valence-corrected chi connectivity index (χ1v) is 7.06. The van der Waals surface area contributed by atoms with Gasteiger partial charge in [-0.1, -0.05) is 6.42 Å². The molecule has 2 aromatic rings. The van der Waals surface area contributed by atoms with E-state index in [0.29, 0.717) is 5.95 Å². The molecule has 0 atom stereocenters. The van der Waals surface area contributed by atoms with Crippen molar-refractivity contribution in [1.82, 2.24) is 9.97 Å². The number of thiophene rings is 1. The molecule has 0 aliphatic heterocycles. The van der Waals surface area contributed by atoms with E-state index >= 15 is 0 Å². The van der Waals surface area contributed by atoms with Gasteiger partial charge in [-0.2, -0.15) is 4.98 Å². The highest BCUT2D eigenvalue weighted by atomic mass is 32.1. The van der Waals surface area contributed by atoms with Crippen LogP contribution in [-0.4, -0.2) is 16.5 Å². The predicted octanol–water partition coefficient (Wildman–Crippen LogP) is 2.50. The summed E-state index contributed by atoms with van der Waals surface area (Å²) in [7, 11) is 0. The highest BCUT2D eigenvalue weighted by Gasteiger charge is 2.18. The number of nitrogens with zero attached hydrogens (tertiary/aromatic N) is 2. The SMILES string of the molecule is Cc1cc2c(NCC3CCC3)nc(NN)nc2s1. The Balaban J connectivity index is 1.91. The number of hydrazine groups is 1. The molecule has 96 valence electrons. The van der Waals surface area contributed by atoms with Gasteiger partial charge in [-0.05, 0) is 31.7 Å². The first kappa shape index (κ1) is 11.7. The summed E-state index contributed by atoms with van der Waals surface area (Å²) < 4.78 is 0. The highest BCUT2D eigenvalue weighted by molar-refractivity contribution is 7.18. The van der Waals surface area contributed by atoms with Crippen LogP contribution in [0.2, 0.25) is 0 Å². The van der Waals surface area contributed by atoms with Gasteiger partial charge in [-0.3, -0.25) is 5.43 Å². The van der Waals surface area contributed by atoms with Crippen molar-refractivity contribution in [3.8, 4) is 0 Å². The smallest absolute Gasteiger partial charge is 0.240 e. The molecule has 0 saturated heterocycles. The molecule has 1 aliphatic rings. The van der Waals surface area contributed by atoms with Crippen LogP contribution in [0.1, 0.15) is 24.1 Å². The lowest BCUT2D eigenvalue weighted by Crippen LogP contribution is -2.21. The highest BCUT2D eigenvalue weighted by Crippen LogP contribution is 2.31. The largest absolute Gasteiger partial charge is 0.369 e. The molecule has 4 N–H and O–H groups in total. The molecule has 2 aromatic heterocycles. The van der Waals surface area contributed by atoms with Crippen molar-refractivity contribution in [1.29, 1.82) is 0 Å². The molecule has 0 bridgehead atoms. The second-order valence-electron chi connectivity index (χ2n) is 4.79. The van der Waals surface area contributed by atoms with E-state index < -0.39 is 0 Å². The maximum atomic E-state index is 5.41. The number of hydrogen-bond acceptors (Lipinski definition) is 6. The lowest BCUT2D eigenvalue weighted by Gasteiger charge is -2.25. The van der Waals surface area contributed by atoms with Gasteiger partial charge in [-0.15, -0.1) is 11.3 Å². The average molecular weight is 263 g/mol. The summed E-state index contributed by atoms with van der Waals surface area (Å²) in [5.41, 5.74) is 2.53. The van der Waals surface area contributed by atoms with Gasteiger partial charge >= 0.3 is 0 Å². The molecule has 0 aromatic carbocycles. The minimum Gasteiger partial charge on any atom is -0.369 e. The summed E-state index contributed by atoms with van der Waals surface area (Å²) >= 11 is 1.66. The van der Waals surface area contributed by atoms with E-state index in [1.807, 2.05) is 0 Å². The molecule has 0 spiro atoms. The summed E-state index contributed by atoms with van der Waals surface area (Å²) in [6.45, 7) is 3.07. The quantitative estimate of drug-likeness (QED) is 0.583. The molecule has 0 amide bonds. The first-order chi connectivity index (χ1) is 8.76. The second kappa shape index (κ2) is 4.70. The fraction of sp³-hybridized carbons (Fsp3) is 0.500. The van der Waals surface area contributed by atoms with Gasteiger partial charge in [-0.25, -0.2) is 10.8 Å². The maximum Gasteiger partial charge on any atom is 0.240 e. The third kappa shape index (κ3) is 2.13. The number of aromatic nitrogens is 2. The molecule has 3 rings (SSSR count). The first-order valence-electron chi connectivity index (χ1n) is 6.25. The number of nitrogen functional groups attached to an aromatic ring is 1. The van der Waals surface area contributed by atoms with Crippen LogP contribution in [0.15, 0.2) is 6.07 Å². The molecule has 0 unspecified atom stereocenters. The Morgan fingerprint density at radius 1 is 1.44 bits per heavy atom. The molecule has 2 heterocycles. The normalized spacial score (nSPS) is 15.7. The molecular weight excluding hydrogens is 246 g/mol. The number of anilines is 2. The van der Waals surface area contributed by atoms with Crippen molar-refractivity contribution in [2.24, 2.45) is 11.8 Å². The van der Waals surface area contributed by atoms with E-state index in [9.17, 15) is 0 Å². The Morgan fingerprint density at radius 2 is 2.28 bits per heavy atom. The topological polar surface area (TPSA) is 75.9 Å². The number of aryl methyl sites for hydroxylation is 1. The minimum atomic E-state index is 0.473. The Kier molecular flexibility index (Phi) is 3.05. The van der Waals surface area contributed by atoms with E-state index in [4.69, 9.17) is 5.84 Å². The zero-order valence-electron chi connectivity index (χ0n) is 10.4. The minimum absolute atomic E-state index is 0.473. The van der Waals surface area contributed by atoms with E-state index in [-0.39, 0.29) is 0 Å². The lowest BCUT2D eigenvalue weighted by atomic mass is 9.85. The Morgan fingerprint density at radius 3 is 2.94 bits per heavy atom. The van der Waals surface area contributed by atoms with E-state index in [2.05, 4.69) is 33.7 Å². The van der Waals surface area contributed by atoms with Crippen LogP contribution in [-0.2, 0) is 0 Å². The van der Waals surface area contributed by atoms with E-state index in [1.165, 1.54) is 24.1 Å². The van der Waals surface area contributed by atoms with Crippen molar-refractivity contribution < 1.29 is 0 Å². The summed E-state index contributed by atoms with van der Waals surface area (Å²) in [6.07, 6.45) is 4.01. The molecule has 18 heavy (non-hydrogen) atoms. The molecule has 1 saturated carbocycles. The second-order valence-corrected chi connectivity index (χ2v) is 6.03. The van der Waals surface area contributed by atoms with Gasteiger partial charge in [0, 0.05) is 11.4 Å². The van der Waals surface area contributed by atoms with E-state index in [1.54, 1.807) is 11.3 Å². The van der Waals surface area contributed by atoms with Crippen LogP contribution < -0.4 is 16.6 Å². The summed E-state index contributed by atoms with van der Waals surface area (Å²) in [4.78, 5) is 11.0. The maximum absolute atomic E-state index is 5.41. The van der Waals surface area contributed by atoms with E-state index in [0.717, 1.165) is 28.5 Å². The van der Waals surface area contributed by atoms with Gasteiger partial charge in [0.05, 0.1) is 5.39 Å². The van der Waals surface area contributed by atoms with Crippen LogP contribution in [0, 0.1) is 12.8 Å². The molecule has 5 nitrogen and oxygen atoms in total. The molecule has 0 radical (unpaired) electrons. The molecule has 1 fully saturated rings. The lowest BCUT2D eigenvalue weighted by molar-refractivity contribution is 0.333. The number of nitrogens with two attached hydrogens (primary N) is 1. The van der Waals surface area contributed by atoms with Crippen molar-refractivity contribution >= 4 is 33.3 Å². The van der Waals surface area contributed by atoms with Gasteiger partial charge < -0.3 is 5.32 Å². The van der Waals surface area contributed by atoms with Crippen molar-refractivity contribution in [2.45, 2.75) is 26.2 Å². The van der Waals surface area contributed by atoms with Crippen molar-refractivity contribution in [3.63, 3.8) is 0 Å². The van der Waals surface area contributed by atoms with Gasteiger partial charge in [0.25, 0.3) is 0 Å². The fourth-order valence-electron chi connectivity index (χ4n) is 2.18. The Bertz CT molecular complexity index is 561. The fourth-order valence-corrected chi connectivity index (χ4v) is 3.06. The summed E-state index contributed by atoms with van der Waals surface area (Å²) in [5.74, 6) is 7.57. The third-order valence-corrected chi connectivity index (χ3v) is 4.37.